The van der Waals surface area contributed by atoms with E-state index in [1.54, 1.807) is 11.9 Å². The van der Waals surface area contributed by atoms with Crippen LogP contribution in [0, 0.1) is 13.8 Å². The van der Waals surface area contributed by atoms with Gasteiger partial charge in [-0.25, -0.2) is 0 Å². The summed E-state index contributed by atoms with van der Waals surface area (Å²) in [5.74, 6) is 0.644. The van der Waals surface area contributed by atoms with Crippen molar-refractivity contribution in [1.82, 2.24) is 20.3 Å². The van der Waals surface area contributed by atoms with E-state index in [1.165, 1.54) is 5.56 Å². The Bertz CT molecular complexity index is 814. The number of hydrogen-bond donors (Lipinski definition) is 1. The highest BCUT2D eigenvalue weighted by molar-refractivity contribution is 5.88. The molecule has 1 unspecified atom stereocenters. The van der Waals surface area contributed by atoms with Crippen LogP contribution in [0.4, 0.5) is 0 Å². The molecular formula is C22H30N4O3. The molecule has 7 nitrogen and oxygen atoms in total. The average molecular weight is 399 g/mol. The molecule has 2 heterocycles. The van der Waals surface area contributed by atoms with E-state index < -0.39 is 6.04 Å². The molecule has 0 bridgehead atoms. The third-order valence-corrected chi connectivity index (χ3v) is 5.66. The van der Waals surface area contributed by atoms with Gasteiger partial charge in [-0.2, -0.15) is 0 Å². The van der Waals surface area contributed by atoms with Gasteiger partial charge in [-0.15, -0.1) is 0 Å². The first-order valence-corrected chi connectivity index (χ1v) is 10.2. The fourth-order valence-electron chi connectivity index (χ4n) is 3.90. The number of carbonyl (C=O) groups excluding carboxylic acids is 2. The largest absolute Gasteiger partial charge is 0.361 e. The van der Waals surface area contributed by atoms with Crippen LogP contribution in [0.1, 0.15) is 29.0 Å². The standard InChI is InChI=1S/C22H30N4O3/c1-16-19(17(2)29-24-16)9-10-21(27)26-14-13-25(15-20(26)22(28)23-3)12-11-18-7-5-4-6-8-18/h4-8,20H,9-15H2,1-3H3,(H,23,28). The minimum absolute atomic E-state index is 0.00121. The van der Waals surface area contributed by atoms with Crippen molar-refractivity contribution in [3.63, 3.8) is 0 Å². The summed E-state index contributed by atoms with van der Waals surface area (Å²) in [6.45, 7) is 6.51. The van der Waals surface area contributed by atoms with Gasteiger partial charge in [-0.3, -0.25) is 14.5 Å². The van der Waals surface area contributed by atoms with Crippen LogP contribution in [0.2, 0.25) is 0 Å². The van der Waals surface area contributed by atoms with Gasteiger partial charge in [-0.1, -0.05) is 35.5 Å². The van der Waals surface area contributed by atoms with E-state index in [0.29, 0.717) is 25.9 Å². The van der Waals surface area contributed by atoms with Crippen molar-refractivity contribution in [3.05, 3.63) is 52.9 Å². The maximum Gasteiger partial charge on any atom is 0.243 e. The highest BCUT2D eigenvalue weighted by atomic mass is 16.5. The molecule has 1 atom stereocenters. The third kappa shape index (κ3) is 5.23. The monoisotopic (exact) mass is 398 g/mol. The normalized spacial score (nSPS) is 17.3. The van der Waals surface area contributed by atoms with Gasteiger partial charge in [0.25, 0.3) is 0 Å². The maximum absolute atomic E-state index is 12.9. The number of piperazine rings is 1. The molecule has 2 amide bonds. The maximum atomic E-state index is 12.9. The van der Waals surface area contributed by atoms with Gasteiger partial charge in [0, 0.05) is 45.2 Å². The summed E-state index contributed by atoms with van der Waals surface area (Å²) in [4.78, 5) is 29.4. The van der Waals surface area contributed by atoms with E-state index in [1.807, 2.05) is 32.0 Å². The molecule has 1 aliphatic rings. The van der Waals surface area contributed by atoms with Gasteiger partial charge in [0.05, 0.1) is 5.69 Å². The second-order valence-corrected chi connectivity index (χ2v) is 7.56. The highest BCUT2D eigenvalue weighted by Crippen LogP contribution is 2.18. The molecule has 1 aliphatic heterocycles. The Balaban J connectivity index is 1.59. The number of nitrogens with one attached hydrogen (secondary N) is 1. The van der Waals surface area contributed by atoms with E-state index in [4.69, 9.17) is 4.52 Å². The number of aryl methyl sites for hydroxylation is 2. The summed E-state index contributed by atoms with van der Waals surface area (Å²) in [5.41, 5.74) is 3.09. The van der Waals surface area contributed by atoms with E-state index >= 15 is 0 Å². The van der Waals surface area contributed by atoms with Gasteiger partial charge >= 0.3 is 0 Å². The lowest BCUT2D eigenvalue weighted by Crippen LogP contribution is -2.60. The zero-order chi connectivity index (χ0) is 20.8. The van der Waals surface area contributed by atoms with Crippen molar-refractivity contribution < 1.29 is 14.1 Å². The topological polar surface area (TPSA) is 78.7 Å². The zero-order valence-electron chi connectivity index (χ0n) is 17.5. The molecule has 3 rings (SSSR count). The van der Waals surface area contributed by atoms with Crippen LogP contribution < -0.4 is 5.32 Å². The second-order valence-electron chi connectivity index (χ2n) is 7.56. The van der Waals surface area contributed by atoms with E-state index in [-0.39, 0.29) is 11.8 Å². The fraction of sp³-hybridized carbons (Fsp3) is 0.500. The minimum atomic E-state index is -0.457. The number of hydrogen-bond acceptors (Lipinski definition) is 5. The third-order valence-electron chi connectivity index (χ3n) is 5.66. The van der Waals surface area contributed by atoms with Gasteiger partial charge in [-0.05, 0) is 32.3 Å². The molecule has 1 fully saturated rings. The van der Waals surface area contributed by atoms with Gasteiger partial charge in [0.2, 0.25) is 11.8 Å². The first kappa shape index (κ1) is 21.0. The molecule has 0 radical (unpaired) electrons. The lowest BCUT2D eigenvalue weighted by Gasteiger charge is -2.40. The molecule has 1 N–H and O–H groups in total. The van der Waals surface area contributed by atoms with Gasteiger partial charge < -0.3 is 14.7 Å². The Hall–Kier alpha value is -2.67. The van der Waals surface area contributed by atoms with E-state index in [9.17, 15) is 9.59 Å². The SMILES string of the molecule is CNC(=O)C1CN(CCc2ccccc2)CCN1C(=O)CCc1c(C)noc1C. The Morgan fingerprint density at radius 1 is 1.17 bits per heavy atom. The minimum Gasteiger partial charge on any atom is -0.361 e. The lowest BCUT2D eigenvalue weighted by molar-refractivity contribution is -0.143. The number of aromatic nitrogens is 1. The molecule has 1 aromatic carbocycles. The van der Waals surface area contributed by atoms with Crippen molar-refractivity contribution in [1.29, 1.82) is 0 Å². The van der Waals surface area contributed by atoms with E-state index in [0.717, 1.165) is 36.5 Å². The number of nitrogens with zero attached hydrogens (tertiary/aromatic N) is 3. The van der Waals surface area contributed by atoms with Crippen LogP contribution in [0.25, 0.3) is 0 Å². The summed E-state index contributed by atoms with van der Waals surface area (Å²) < 4.78 is 5.18. The Kier molecular flexibility index (Phi) is 7.04. The van der Waals surface area contributed by atoms with Crippen LogP contribution in [0.3, 0.4) is 0 Å². The van der Waals surface area contributed by atoms with Crippen LogP contribution in [-0.2, 0) is 22.4 Å². The van der Waals surface area contributed by atoms with E-state index in [2.05, 4.69) is 27.5 Å². The summed E-state index contributed by atoms with van der Waals surface area (Å²) in [5, 5.41) is 6.67. The number of amides is 2. The molecule has 156 valence electrons. The van der Waals surface area contributed by atoms with Crippen molar-refractivity contribution >= 4 is 11.8 Å². The Labute approximate surface area is 172 Å². The van der Waals surface area contributed by atoms with Crippen LogP contribution in [-0.4, -0.2) is 66.0 Å². The highest BCUT2D eigenvalue weighted by Gasteiger charge is 2.34. The predicted octanol–water partition coefficient (Wildman–Crippen LogP) is 1.73. The molecule has 1 saturated heterocycles. The summed E-state index contributed by atoms with van der Waals surface area (Å²) in [6.07, 6.45) is 1.86. The Morgan fingerprint density at radius 2 is 1.93 bits per heavy atom. The smallest absolute Gasteiger partial charge is 0.243 e. The van der Waals surface area contributed by atoms with Crippen molar-refractivity contribution in [3.8, 4) is 0 Å². The molecule has 0 saturated carbocycles. The molecule has 2 aromatic rings. The lowest BCUT2D eigenvalue weighted by atomic mass is 10.1. The first-order valence-electron chi connectivity index (χ1n) is 10.2. The van der Waals surface area contributed by atoms with Crippen molar-refractivity contribution in [2.75, 3.05) is 33.2 Å². The van der Waals surface area contributed by atoms with Crippen molar-refractivity contribution in [2.24, 2.45) is 0 Å². The fourth-order valence-corrected chi connectivity index (χ4v) is 3.90. The van der Waals surface area contributed by atoms with Gasteiger partial charge in [0.15, 0.2) is 0 Å². The van der Waals surface area contributed by atoms with Crippen LogP contribution in [0.5, 0.6) is 0 Å². The quantitative estimate of drug-likeness (QED) is 0.768. The molecular weight excluding hydrogens is 368 g/mol. The summed E-state index contributed by atoms with van der Waals surface area (Å²) in [6, 6.07) is 9.87. The predicted molar refractivity (Wildman–Crippen MR) is 110 cm³/mol. The van der Waals surface area contributed by atoms with Gasteiger partial charge in [0.1, 0.15) is 11.8 Å². The summed E-state index contributed by atoms with van der Waals surface area (Å²) in [7, 11) is 1.62. The Morgan fingerprint density at radius 3 is 2.59 bits per heavy atom. The number of rotatable bonds is 7. The zero-order valence-corrected chi connectivity index (χ0v) is 17.5. The molecule has 29 heavy (non-hydrogen) atoms. The van der Waals surface area contributed by atoms with Crippen LogP contribution >= 0.6 is 0 Å². The van der Waals surface area contributed by atoms with Crippen molar-refractivity contribution in [2.45, 2.75) is 39.2 Å². The molecule has 1 aromatic heterocycles. The average Bonchev–Trinajstić information content (AvgIpc) is 3.07. The number of carbonyl (C=O) groups is 2. The molecule has 0 aliphatic carbocycles. The first-order chi connectivity index (χ1) is 14.0. The number of benzene rings is 1. The molecule has 0 spiro atoms. The second kappa shape index (κ2) is 9.69. The summed E-state index contributed by atoms with van der Waals surface area (Å²) >= 11 is 0. The van der Waals surface area contributed by atoms with Crippen LogP contribution in [0.15, 0.2) is 34.9 Å². The number of likely N-dealkylation sites (N-methyl/N-ethyl adjacent to an activating group) is 1. The molecule has 7 heteroatoms.